The summed E-state index contributed by atoms with van der Waals surface area (Å²) in [5.41, 5.74) is 7.14. The molecule has 0 saturated carbocycles. The third-order valence-electron chi connectivity index (χ3n) is 3.74. The predicted molar refractivity (Wildman–Crippen MR) is 86.9 cm³/mol. The molecule has 1 aliphatic heterocycles. The minimum absolute atomic E-state index is 0.726. The van der Waals surface area contributed by atoms with Crippen molar-refractivity contribution in [2.45, 2.75) is 6.54 Å². The molecular weight excluding hydrogens is 274 g/mol. The molecule has 0 amide bonds. The van der Waals surface area contributed by atoms with Crippen molar-refractivity contribution in [3.8, 4) is 0 Å². The van der Waals surface area contributed by atoms with Gasteiger partial charge in [0.05, 0.1) is 23.9 Å². The van der Waals surface area contributed by atoms with E-state index in [1.807, 2.05) is 36.4 Å². The Morgan fingerprint density at radius 2 is 1.95 bits per heavy atom. The lowest BCUT2D eigenvalue weighted by molar-refractivity contribution is 0.507. The number of H-pyrrole nitrogens is 1. The van der Waals surface area contributed by atoms with Gasteiger partial charge in [-0.15, -0.1) is 0 Å². The smallest absolute Gasteiger partial charge is 0.162 e. The quantitative estimate of drug-likeness (QED) is 0.779. The summed E-state index contributed by atoms with van der Waals surface area (Å²) in [5, 5.41) is 4.41. The second-order valence-corrected chi connectivity index (χ2v) is 5.20. The van der Waals surface area contributed by atoms with Gasteiger partial charge in [0.15, 0.2) is 5.84 Å². The second kappa shape index (κ2) is 5.04. The lowest BCUT2D eigenvalue weighted by Gasteiger charge is -2.20. The van der Waals surface area contributed by atoms with Crippen LogP contribution in [0.2, 0.25) is 0 Å². The van der Waals surface area contributed by atoms with Crippen LogP contribution < -0.4 is 5.43 Å². The topological polar surface area (TPSA) is 56.3 Å². The van der Waals surface area contributed by atoms with Crippen molar-refractivity contribution in [1.29, 1.82) is 0 Å². The van der Waals surface area contributed by atoms with E-state index in [4.69, 9.17) is 0 Å². The van der Waals surface area contributed by atoms with Gasteiger partial charge in [0.2, 0.25) is 0 Å². The molecule has 0 bridgehead atoms. The van der Waals surface area contributed by atoms with E-state index in [9.17, 15) is 0 Å². The number of rotatable bonds is 3. The number of aromatic nitrogens is 2. The first kappa shape index (κ1) is 12.6. The van der Waals surface area contributed by atoms with Crippen molar-refractivity contribution in [1.82, 2.24) is 20.3 Å². The fourth-order valence-corrected chi connectivity index (χ4v) is 2.59. The number of aromatic amines is 1. The molecule has 0 saturated heterocycles. The Labute approximate surface area is 128 Å². The predicted octanol–water partition coefficient (Wildman–Crippen LogP) is 2.80. The molecule has 0 fully saturated rings. The number of nitrogens with one attached hydrogen (secondary N) is 2. The number of benzene rings is 2. The minimum Gasteiger partial charge on any atom is -0.345 e. The molecule has 0 atom stereocenters. The number of amidine groups is 1. The number of hydrogen-bond acceptors (Lipinski definition) is 4. The van der Waals surface area contributed by atoms with Crippen LogP contribution in [0.3, 0.4) is 0 Å². The first-order valence-corrected chi connectivity index (χ1v) is 7.09. The fourth-order valence-electron chi connectivity index (χ4n) is 2.59. The van der Waals surface area contributed by atoms with E-state index in [1.54, 1.807) is 6.33 Å². The maximum Gasteiger partial charge on any atom is 0.162 e. The van der Waals surface area contributed by atoms with Crippen molar-refractivity contribution in [3.05, 3.63) is 78.4 Å². The van der Waals surface area contributed by atoms with Gasteiger partial charge in [-0.2, -0.15) is 5.10 Å². The Balaban J connectivity index is 1.68. The zero-order valence-corrected chi connectivity index (χ0v) is 12.0. The van der Waals surface area contributed by atoms with E-state index < -0.39 is 0 Å². The molecule has 5 heteroatoms. The van der Waals surface area contributed by atoms with Crippen LogP contribution in [-0.4, -0.2) is 20.7 Å². The first-order valence-electron chi connectivity index (χ1n) is 7.09. The fraction of sp³-hybridized carbons (Fsp3) is 0.0588. The molecule has 2 N–H and O–H groups in total. The second-order valence-electron chi connectivity index (χ2n) is 5.20. The Kier molecular flexibility index (Phi) is 2.89. The first-order chi connectivity index (χ1) is 10.8. The number of imidazole rings is 1. The molecule has 0 unspecified atom stereocenters. The van der Waals surface area contributed by atoms with Gasteiger partial charge < -0.3 is 9.88 Å². The van der Waals surface area contributed by atoms with Crippen molar-refractivity contribution in [2.75, 3.05) is 0 Å². The van der Waals surface area contributed by atoms with Crippen LogP contribution in [0.5, 0.6) is 0 Å². The van der Waals surface area contributed by atoms with Crippen LogP contribution in [0.4, 0.5) is 0 Å². The molecule has 0 radical (unpaired) electrons. The Hall–Kier alpha value is -3.08. The van der Waals surface area contributed by atoms with Gasteiger partial charge in [0, 0.05) is 5.56 Å². The molecule has 3 aromatic rings. The van der Waals surface area contributed by atoms with Crippen molar-refractivity contribution < 1.29 is 0 Å². The molecular formula is C17H15N5. The van der Waals surface area contributed by atoms with E-state index in [0.717, 1.165) is 34.8 Å². The molecule has 2 heterocycles. The normalized spacial score (nSPS) is 14.3. The summed E-state index contributed by atoms with van der Waals surface area (Å²) in [6.07, 6.45) is 1.70. The maximum absolute atomic E-state index is 4.41. The van der Waals surface area contributed by atoms with Crippen LogP contribution in [0.25, 0.3) is 11.0 Å². The SMILES string of the molecule is C=C1NN=C(c2ccc3[nH]cnc3c2)N1Cc1ccccc1. The highest BCUT2D eigenvalue weighted by Crippen LogP contribution is 2.20. The maximum atomic E-state index is 4.41. The van der Waals surface area contributed by atoms with E-state index in [2.05, 4.69) is 44.1 Å². The van der Waals surface area contributed by atoms with Crippen molar-refractivity contribution in [3.63, 3.8) is 0 Å². The molecule has 108 valence electrons. The average molecular weight is 289 g/mol. The highest BCUT2D eigenvalue weighted by molar-refractivity contribution is 6.02. The summed E-state index contributed by atoms with van der Waals surface area (Å²) in [4.78, 5) is 9.48. The van der Waals surface area contributed by atoms with Crippen LogP contribution in [-0.2, 0) is 6.54 Å². The molecule has 22 heavy (non-hydrogen) atoms. The number of hydrogen-bond donors (Lipinski definition) is 2. The van der Waals surface area contributed by atoms with Crippen LogP contribution in [0, 0.1) is 0 Å². The largest absolute Gasteiger partial charge is 0.345 e. The average Bonchev–Trinajstić information content (AvgIpc) is 3.15. The summed E-state index contributed by atoms with van der Waals surface area (Å²) in [5.74, 6) is 1.64. The number of fused-ring (bicyclic) bond motifs is 1. The van der Waals surface area contributed by atoms with Crippen LogP contribution in [0.1, 0.15) is 11.1 Å². The molecule has 5 nitrogen and oxygen atoms in total. The molecule has 2 aromatic carbocycles. The third-order valence-corrected chi connectivity index (χ3v) is 3.74. The van der Waals surface area contributed by atoms with Crippen molar-refractivity contribution in [2.24, 2.45) is 5.10 Å². The Morgan fingerprint density at radius 1 is 1.09 bits per heavy atom. The van der Waals surface area contributed by atoms with E-state index >= 15 is 0 Å². The van der Waals surface area contributed by atoms with Crippen LogP contribution >= 0.6 is 0 Å². The lowest BCUT2D eigenvalue weighted by Crippen LogP contribution is -2.27. The highest BCUT2D eigenvalue weighted by Gasteiger charge is 2.22. The molecule has 0 aliphatic carbocycles. The molecule has 0 spiro atoms. The van der Waals surface area contributed by atoms with Gasteiger partial charge in [-0.3, -0.25) is 5.43 Å². The number of hydrazone groups is 1. The Morgan fingerprint density at radius 3 is 2.82 bits per heavy atom. The highest BCUT2D eigenvalue weighted by atomic mass is 15.5. The summed E-state index contributed by atoms with van der Waals surface area (Å²) in [7, 11) is 0. The molecule has 1 aliphatic rings. The lowest BCUT2D eigenvalue weighted by atomic mass is 10.1. The number of nitrogens with zero attached hydrogens (tertiary/aromatic N) is 3. The van der Waals surface area contributed by atoms with Crippen molar-refractivity contribution >= 4 is 16.9 Å². The standard InChI is InChI=1S/C17H15N5/c1-12-20-21-17(22(12)10-13-5-3-2-4-6-13)14-7-8-15-16(9-14)19-11-18-15/h2-9,11,20H,1,10H2,(H,18,19). The van der Waals surface area contributed by atoms with Gasteiger partial charge in [0.25, 0.3) is 0 Å². The summed E-state index contributed by atoms with van der Waals surface area (Å²) in [6.45, 7) is 4.76. The summed E-state index contributed by atoms with van der Waals surface area (Å²) in [6, 6.07) is 16.4. The van der Waals surface area contributed by atoms with E-state index in [0.29, 0.717) is 0 Å². The van der Waals surface area contributed by atoms with Gasteiger partial charge >= 0.3 is 0 Å². The monoisotopic (exact) mass is 289 g/mol. The van der Waals surface area contributed by atoms with E-state index in [-0.39, 0.29) is 0 Å². The van der Waals surface area contributed by atoms with Gasteiger partial charge in [-0.1, -0.05) is 36.9 Å². The molecule has 4 rings (SSSR count). The zero-order valence-electron chi connectivity index (χ0n) is 12.0. The van der Waals surface area contributed by atoms with E-state index in [1.165, 1.54) is 5.56 Å². The van der Waals surface area contributed by atoms with Gasteiger partial charge in [-0.25, -0.2) is 4.98 Å². The minimum atomic E-state index is 0.726. The Bertz CT molecular complexity index is 863. The third kappa shape index (κ3) is 2.13. The zero-order chi connectivity index (χ0) is 14.9. The van der Waals surface area contributed by atoms with Gasteiger partial charge in [0.1, 0.15) is 5.82 Å². The summed E-state index contributed by atoms with van der Waals surface area (Å²) >= 11 is 0. The summed E-state index contributed by atoms with van der Waals surface area (Å²) < 4.78 is 0. The van der Waals surface area contributed by atoms with Gasteiger partial charge in [-0.05, 0) is 23.8 Å². The van der Waals surface area contributed by atoms with Crippen LogP contribution in [0.15, 0.2) is 72.4 Å². The molecule has 1 aromatic heterocycles.